The van der Waals surface area contributed by atoms with Crippen molar-refractivity contribution in [1.82, 2.24) is 0 Å². The summed E-state index contributed by atoms with van der Waals surface area (Å²) in [5, 5.41) is 2.66. The van der Waals surface area contributed by atoms with Gasteiger partial charge in [-0.2, -0.15) is 0 Å². The Hall–Kier alpha value is -2.65. The number of benzene rings is 1. The fraction of sp³-hybridized carbons (Fsp3) is 0.500. The highest BCUT2D eigenvalue weighted by atomic mass is 16.8. The van der Waals surface area contributed by atoms with Gasteiger partial charge in [-0.3, -0.25) is 14.4 Å². The number of hydrogen-bond donors (Lipinski definition) is 1. The van der Waals surface area contributed by atoms with Crippen LogP contribution in [0, 0.1) is 0 Å². The first-order valence-electron chi connectivity index (χ1n) is 8.49. The minimum Gasteiger partial charge on any atom is -0.463 e. The number of ether oxygens (including phenoxy) is 5. The van der Waals surface area contributed by atoms with E-state index in [9.17, 15) is 14.4 Å². The summed E-state index contributed by atoms with van der Waals surface area (Å²) in [7, 11) is 0. The number of rotatable bonds is 6. The predicted molar refractivity (Wildman–Crippen MR) is 90.9 cm³/mol. The molecule has 1 aromatic carbocycles. The molecule has 9 nitrogen and oxygen atoms in total. The molecule has 2 heterocycles. The molecule has 2 aliphatic rings. The van der Waals surface area contributed by atoms with Gasteiger partial charge in [-0.15, -0.1) is 0 Å². The number of carbonyl (C=O) groups excluding carboxylic acids is 3. The third-order valence-corrected chi connectivity index (χ3v) is 4.01. The summed E-state index contributed by atoms with van der Waals surface area (Å²) in [6.45, 7) is 3.92. The lowest BCUT2D eigenvalue weighted by Gasteiger charge is -2.32. The van der Waals surface area contributed by atoms with Crippen molar-refractivity contribution in [3.05, 3.63) is 24.3 Å². The van der Waals surface area contributed by atoms with Gasteiger partial charge in [0.1, 0.15) is 24.6 Å². The van der Waals surface area contributed by atoms with Gasteiger partial charge >= 0.3 is 11.9 Å². The number of hydrogen-bond acceptors (Lipinski definition) is 8. The maximum atomic E-state index is 11.3. The molecule has 0 aromatic heterocycles. The molecule has 1 N–H and O–H groups in total. The Morgan fingerprint density at radius 1 is 1.00 bits per heavy atom. The Balaban J connectivity index is 1.65. The molecule has 0 radical (unpaired) electrons. The van der Waals surface area contributed by atoms with E-state index < -0.39 is 36.5 Å². The summed E-state index contributed by atoms with van der Waals surface area (Å²) in [5.74, 6) is -0.595. The fourth-order valence-electron chi connectivity index (χ4n) is 2.88. The van der Waals surface area contributed by atoms with E-state index >= 15 is 0 Å². The van der Waals surface area contributed by atoms with Crippen LogP contribution in [0.15, 0.2) is 24.3 Å². The van der Waals surface area contributed by atoms with Crippen LogP contribution in [0.1, 0.15) is 20.8 Å². The fourth-order valence-corrected chi connectivity index (χ4v) is 2.88. The number of epoxide rings is 1. The van der Waals surface area contributed by atoms with E-state index in [1.54, 1.807) is 24.3 Å². The molecule has 27 heavy (non-hydrogen) atoms. The quantitative estimate of drug-likeness (QED) is 0.576. The standard InChI is InChI=1S/C18H21NO8/c1-9(20)19-12-4-6-13(7-5-12)25-18-17-16(27-17)15(24-11(3)22)14(26-18)8-23-10(2)21/h4-7,14-18H,8H2,1-3H3,(H,19,20)/t14?,15?,16-,17?,18-/m0/s1. The Labute approximate surface area is 155 Å². The molecule has 1 aromatic rings. The zero-order chi connectivity index (χ0) is 19.6. The molecule has 3 unspecified atom stereocenters. The van der Waals surface area contributed by atoms with Gasteiger partial charge in [0.15, 0.2) is 12.2 Å². The second-order valence-corrected chi connectivity index (χ2v) is 6.31. The smallest absolute Gasteiger partial charge is 0.303 e. The summed E-state index contributed by atoms with van der Waals surface area (Å²) >= 11 is 0. The van der Waals surface area contributed by atoms with Crippen LogP contribution in [0.4, 0.5) is 5.69 Å². The van der Waals surface area contributed by atoms with Crippen LogP contribution >= 0.6 is 0 Å². The van der Waals surface area contributed by atoms with E-state index in [0.717, 1.165) is 0 Å². The van der Waals surface area contributed by atoms with Gasteiger partial charge in [-0.25, -0.2) is 0 Å². The van der Waals surface area contributed by atoms with Crippen molar-refractivity contribution in [3.63, 3.8) is 0 Å². The lowest BCUT2D eigenvalue weighted by atomic mass is 10.0. The highest BCUT2D eigenvalue weighted by molar-refractivity contribution is 5.88. The first-order valence-corrected chi connectivity index (χ1v) is 8.49. The number of nitrogens with one attached hydrogen (secondary N) is 1. The average Bonchev–Trinajstić information content (AvgIpc) is 3.37. The van der Waals surface area contributed by atoms with Crippen molar-refractivity contribution in [3.8, 4) is 5.75 Å². The van der Waals surface area contributed by atoms with Crippen molar-refractivity contribution in [2.24, 2.45) is 0 Å². The average molecular weight is 379 g/mol. The Kier molecular flexibility index (Phi) is 5.62. The number of esters is 2. The molecular weight excluding hydrogens is 358 g/mol. The zero-order valence-electron chi connectivity index (χ0n) is 15.2. The molecular formula is C18H21NO8. The second-order valence-electron chi connectivity index (χ2n) is 6.31. The van der Waals surface area contributed by atoms with Crippen LogP contribution in [-0.2, 0) is 33.3 Å². The van der Waals surface area contributed by atoms with Gasteiger partial charge in [0, 0.05) is 26.5 Å². The highest BCUT2D eigenvalue weighted by Gasteiger charge is 2.61. The van der Waals surface area contributed by atoms with Gasteiger partial charge in [-0.1, -0.05) is 0 Å². The molecule has 2 saturated heterocycles. The summed E-state index contributed by atoms with van der Waals surface area (Å²) < 4.78 is 27.5. The molecule has 3 rings (SSSR count). The molecule has 146 valence electrons. The van der Waals surface area contributed by atoms with Gasteiger partial charge in [0.2, 0.25) is 12.2 Å². The molecule has 0 saturated carbocycles. The summed E-state index contributed by atoms with van der Waals surface area (Å²) in [6, 6.07) is 6.77. The topological polar surface area (TPSA) is 113 Å². The van der Waals surface area contributed by atoms with Crippen molar-refractivity contribution < 1.29 is 38.1 Å². The highest BCUT2D eigenvalue weighted by Crippen LogP contribution is 2.40. The van der Waals surface area contributed by atoms with Crippen LogP contribution < -0.4 is 10.1 Å². The Morgan fingerprint density at radius 2 is 1.70 bits per heavy atom. The van der Waals surface area contributed by atoms with Gasteiger partial charge in [-0.05, 0) is 24.3 Å². The number of amides is 1. The molecule has 0 bridgehead atoms. The molecule has 9 heteroatoms. The van der Waals surface area contributed by atoms with Gasteiger partial charge in [0.25, 0.3) is 0 Å². The minimum atomic E-state index is -0.742. The maximum absolute atomic E-state index is 11.3. The van der Waals surface area contributed by atoms with Crippen LogP contribution in [0.2, 0.25) is 0 Å². The molecule has 5 atom stereocenters. The van der Waals surface area contributed by atoms with Crippen molar-refractivity contribution >= 4 is 23.5 Å². The molecule has 2 fully saturated rings. The Morgan fingerprint density at radius 3 is 2.30 bits per heavy atom. The van der Waals surface area contributed by atoms with Crippen molar-refractivity contribution in [2.75, 3.05) is 11.9 Å². The lowest BCUT2D eigenvalue weighted by molar-refractivity contribution is -0.202. The minimum absolute atomic E-state index is 0.0822. The first-order chi connectivity index (χ1) is 12.8. The van der Waals surface area contributed by atoms with E-state index in [4.69, 9.17) is 23.7 Å². The first kappa shape index (κ1) is 19.1. The third kappa shape index (κ3) is 4.95. The maximum Gasteiger partial charge on any atom is 0.303 e. The van der Waals surface area contributed by atoms with Crippen LogP contribution in [0.3, 0.4) is 0 Å². The van der Waals surface area contributed by atoms with E-state index in [1.807, 2.05) is 0 Å². The van der Waals surface area contributed by atoms with E-state index in [1.165, 1.54) is 20.8 Å². The lowest BCUT2D eigenvalue weighted by Crippen LogP contribution is -2.51. The second kappa shape index (κ2) is 7.93. The molecule has 1 amide bonds. The molecule has 2 aliphatic heterocycles. The monoisotopic (exact) mass is 379 g/mol. The number of anilines is 1. The van der Waals surface area contributed by atoms with Gasteiger partial charge in [0.05, 0.1) is 0 Å². The predicted octanol–water partition coefficient (Wildman–Crippen LogP) is 1.01. The van der Waals surface area contributed by atoms with Crippen LogP contribution in [0.5, 0.6) is 5.75 Å². The zero-order valence-corrected chi connectivity index (χ0v) is 15.2. The van der Waals surface area contributed by atoms with Crippen LogP contribution in [0.25, 0.3) is 0 Å². The van der Waals surface area contributed by atoms with E-state index in [0.29, 0.717) is 11.4 Å². The Bertz CT molecular complexity index is 719. The van der Waals surface area contributed by atoms with Crippen molar-refractivity contribution in [1.29, 1.82) is 0 Å². The third-order valence-electron chi connectivity index (χ3n) is 4.01. The number of carbonyl (C=O) groups is 3. The SMILES string of the molecule is CC(=O)Nc1ccc(O[C@H]2OC(COC(C)=O)C(OC(C)=O)[C@@H]3OC23)cc1. The number of fused-ring (bicyclic) bond motifs is 1. The van der Waals surface area contributed by atoms with Crippen LogP contribution in [-0.4, -0.2) is 55.2 Å². The van der Waals surface area contributed by atoms with E-state index in [2.05, 4.69) is 5.32 Å². The summed E-state index contributed by atoms with van der Waals surface area (Å²) in [5.41, 5.74) is 0.641. The molecule has 0 spiro atoms. The van der Waals surface area contributed by atoms with Gasteiger partial charge < -0.3 is 29.0 Å². The summed E-state index contributed by atoms with van der Waals surface area (Å²) in [6.07, 6.45) is -2.89. The summed E-state index contributed by atoms with van der Waals surface area (Å²) in [4.78, 5) is 33.5. The largest absolute Gasteiger partial charge is 0.463 e. The van der Waals surface area contributed by atoms with E-state index in [-0.39, 0.29) is 18.6 Å². The van der Waals surface area contributed by atoms with Crippen molar-refractivity contribution in [2.45, 2.75) is 51.5 Å². The molecule has 0 aliphatic carbocycles. The normalized spacial score (nSPS) is 28.5.